The van der Waals surface area contributed by atoms with Crippen molar-refractivity contribution in [1.82, 2.24) is 15.5 Å². The largest absolute Gasteiger partial charge is 0.378 e. The van der Waals surface area contributed by atoms with Crippen LogP contribution in [0.5, 0.6) is 0 Å². The van der Waals surface area contributed by atoms with E-state index in [9.17, 15) is 9.59 Å². The molecule has 2 N–H and O–H groups in total. The number of hydrogen-bond donors (Lipinski definition) is 2. The van der Waals surface area contributed by atoms with Crippen molar-refractivity contribution < 1.29 is 14.3 Å². The maximum atomic E-state index is 12.2. The lowest BCUT2D eigenvalue weighted by atomic mass is 10.1. The van der Waals surface area contributed by atoms with E-state index < -0.39 is 0 Å². The summed E-state index contributed by atoms with van der Waals surface area (Å²) in [4.78, 5) is 25.0. The van der Waals surface area contributed by atoms with Crippen LogP contribution in [0.3, 0.4) is 0 Å². The van der Waals surface area contributed by atoms with Gasteiger partial charge in [-0.2, -0.15) is 0 Å². The molecule has 18 heavy (non-hydrogen) atoms. The number of morpholine rings is 1. The minimum absolute atomic E-state index is 0.0974. The molecule has 0 saturated carbocycles. The summed E-state index contributed by atoms with van der Waals surface area (Å²) in [7, 11) is 0. The minimum atomic E-state index is -0.205. The number of hydrogen-bond acceptors (Lipinski definition) is 4. The van der Waals surface area contributed by atoms with Gasteiger partial charge in [0.05, 0.1) is 19.3 Å². The zero-order valence-electron chi connectivity index (χ0n) is 10.8. The van der Waals surface area contributed by atoms with Gasteiger partial charge in [-0.25, -0.2) is 0 Å². The van der Waals surface area contributed by atoms with Gasteiger partial charge in [0.15, 0.2) is 0 Å². The molecule has 0 aromatic carbocycles. The van der Waals surface area contributed by atoms with E-state index in [0.717, 1.165) is 6.42 Å². The Bertz CT molecular complexity index is 306. The lowest BCUT2D eigenvalue weighted by Crippen LogP contribution is -2.54. The fourth-order valence-electron chi connectivity index (χ4n) is 2.36. The van der Waals surface area contributed by atoms with Crippen molar-refractivity contribution in [2.75, 3.05) is 32.8 Å². The van der Waals surface area contributed by atoms with Crippen LogP contribution in [0.1, 0.15) is 19.8 Å². The average molecular weight is 255 g/mol. The number of amides is 2. The summed E-state index contributed by atoms with van der Waals surface area (Å²) in [5.74, 6) is 0.218. The number of nitrogens with zero attached hydrogens (tertiary/aromatic N) is 1. The van der Waals surface area contributed by atoms with Gasteiger partial charge in [-0.3, -0.25) is 9.59 Å². The molecule has 102 valence electrons. The van der Waals surface area contributed by atoms with Crippen LogP contribution in [-0.2, 0) is 14.3 Å². The van der Waals surface area contributed by atoms with Crippen molar-refractivity contribution in [3.05, 3.63) is 0 Å². The summed E-state index contributed by atoms with van der Waals surface area (Å²) in [6, 6.07) is -0.00853. The normalized spacial score (nSPS) is 26.6. The van der Waals surface area contributed by atoms with Crippen LogP contribution in [0.4, 0.5) is 0 Å². The molecule has 2 aliphatic heterocycles. The standard InChI is InChI=1S/C12H21N3O3/c1-9(12(17)15-4-6-18-7-5-15)14-10-2-3-11(16)13-8-10/h9-10,14H,2-8H2,1H3,(H,13,16). The first-order valence-corrected chi connectivity index (χ1v) is 6.56. The van der Waals surface area contributed by atoms with Crippen LogP contribution in [0.25, 0.3) is 0 Å². The highest BCUT2D eigenvalue weighted by Gasteiger charge is 2.26. The Kier molecular flexibility index (Phi) is 4.54. The van der Waals surface area contributed by atoms with Crippen LogP contribution >= 0.6 is 0 Å². The van der Waals surface area contributed by atoms with E-state index in [4.69, 9.17) is 4.74 Å². The van der Waals surface area contributed by atoms with Gasteiger partial charge >= 0.3 is 0 Å². The number of piperidine rings is 1. The second-order valence-electron chi connectivity index (χ2n) is 4.87. The van der Waals surface area contributed by atoms with Gasteiger partial charge in [0, 0.05) is 32.1 Å². The number of carbonyl (C=O) groups is 2. The molecular formula is C12H21N3O3. The summed E-state index contributed by atoms with van der Waals surface area (Å²) in [5, 5.41) is 6.10. The van der Waals surface area contributed by atoms with E-state index in [-0.39, 0.29) is 23.9 Å². The first-order valence-electron chi connectivity index (χ1n) is 6.56. The number of rotatable bonds is 3. The maximum absolute atomic E-state index is 12.2. The fourth-order valence-corrected chi connectivity index (χ4v) is 2.36. The first-order chi connectivity index (χ1) is 8.66. The summed E-state index contributed by atoms with van der Waals surface area (Å²) in [6.45, 7) is 5.09. The Balaban J connectivity index is 1.77. The Morgan fingerprint density at radius 3 is 2.83 bits per heavy atom. The molecule has 2 aliphatic rings. The molecule has 2 heterocycles. The van der Waals surface area contributed by atoms with Gasteiger partial charge in [-0.15, -0.1) is 0 Å². The Hall–Kier alpha value is -1.14. The zero-order valence-corrected chi connectivity index (χ0v) is 10.8. The zero-order chi connectivity index (χ0) is 13.0. The first kappa shape index (κ1) is 13.3. The average Bonchev–Trinajstić information content (AvgIpc) is 2.41. The van der Waals surface area contributed by atoms with E-state index in [1.807, 2.05) is 11.8 Å². The third kappa shape index (κ3) is 3.43. The highest BCUT2D eigenvalue weighted by molar-refractivity contribution is 5.81. The molecule has 0 aliphatic carbocycles. The maximum Gasteiger partial charge on any atom is 0.239 e. The third-order valence-electron chi connectivity index (χ3n) is 3.44. The number of carbonyl (C=O) groups excluding carboxylic acids is 2. The molecule has 2 fully saturated rings. The summed E-state index contributed by atoms with van der Waals surface area (Å²) in [6.07, 6.45) is 1.34. The molecular weight excluding hydrogens is 234 g/mol. The SMILES string of the molecule is CC(NC1CCC(=O)NC1)C(=O)N1CCOCC1. The molecule has 6 nitrogen and oxygen atoms in total. The van der Waals surface area contributed by atoms with Gasteiger partial charge in [0.2, 0.25) is 11.8 Å². The second kappa shape index (κ2) is 6.15. The second-order valence-corrected chi connectivity index (χ2v) is 4.87. The molecule has 0 radical (unpaired) electrons. The Morgan fingerprint density at radius 1 is 1.50 bits per heavy atom. The van der Waals surface area contributed by atoms with Crippen molar-refractivity contribution in [2.24, 2.45) is 0 Å². The third-order valence-corrected chi connectivity index (χ3v) is 3.44. The smallest absolute Gasteiger partial charge is 0.239 e. The summed E-state index contributed by atoms with van der Waals surface area (Å²) >= 11 is 0. The summed E-state index contributed by atoms with van der Waals surface area (Å²) in [5.41, 5.74) is 0. The van der Waals surface area contributed by atoms with Crippen molar-refractivity contribution in [1.29, 1.82) is 0 Å². The highest BCUT2D eigenvalue weighted by atomic mass is 16.5. The van der Waals surface area contributed by atoms with Gasteiger partial charge < -0.3 is 20.3 Å². The Labute approximate surface area is 107 Å². The lowest BCUT2D eigenvalue weighted by Gasteiger charge is -2.32. The topological polar surface area (TPSA) is 70.7 Å². The van der Waals surface area contributed by atoms with E-state index in [1.165, 1.54) is 0 Å². The molecule has 2 unspecified atom stereocenters. The molecule has 0 bridgehead atoms. The molecule has 0 aromatic rings. The van der Waals surface area contributed by atoms with E-state index in [2.05, 4.69) is 10.6 Å². The molecule has 2 saturated heterocycles. The quantitative estimate of drug-likeness (QED) is 0.686. The van der Waals surface area contributed by atoms with E-state index in [0.29, 0.717) is 39.3 Å². The van der Waals surface area contributed by atoms with Crippen LogP contribution in [0, 0.1) is 0 Å². The predicted molar refractivity (Wildman–Crippen MR) is 66.0 cm³/mol. The van der Waals surface area contributed by atoms with Crippen LogP contribution in [-0.4, -0.2) is 61.6 Å². The number of nitrogens with one attached hydrogen (secondary N) is 2. The molecule has 0 aromatic heterocycles. The van der Waals surface area contributed by atoms with Gasteiger partial charge in [-0.05, 0) is 13.3 Å². The van der Waals surface area contributed by atoms with E-state index >= 15 is 0 Å². The van der Waals surface area contributed by atoms with Crippen molar-refractivity contribution >= 4 is 11.8 Å². The van der Waals surface area contributed by atoms with Crippen LogP contribution < -0.4 is 10.6 Å². The van der Waals surface area contributed by atoms with Crippen LogP contribution in [0.2, 0.25) is 0 Å². The molecule has 0 spiro atoms. The minimum Gasteiger partial charge on any atom is -0.378 e. The van der Waals surface area contributed by atoms with Crippen molar-refractivity contribution in [2.45, 2.75) is 31.8 Å². The summed E-state index contributed by atoms with van der Waals surface area (Å²) < 4.78 is 5.23. The van der Waals surface area contributed by atoms with Gasteiger partial charge in [0.25, 0.3) is 0 Å². The monoisotopic (exact) mass is 255 g/mol. The van der Waals surface area contributed by atoms with Crippen molar-refractivity contribution in [3.63, 3.8) is 0 Å². The van der Waals surface area contributed by atoms with Gasteiger partial charge in [-0.1, -0.05) is 0 Å². The van der Waals surface area contributed by atoms with Crippen molar-refractivity contribution in [3.8, 4) is 0 Å². The molecule has 6 heteroatoms. The van der Waals surface area contributed by atoms with E-state index in [1.54, 1.807) is 0 Å². The molecule has 2 amide bonds. The fraction of sp³-hybridized carbons (Fsp3) is 0.833. The highest BCUT2D eigenvalue weighted by Crippen LogP contribution is 2.06. The molecule has 2 rings (SSSR count). The number of ether oxygens (including phenoxy) is 1. The van der Waals surface area contributed by atoms with Crippen LogP contribution in [0.15, 0.2) is 0 Å². The predicted octanol–water partition coefficient (Wildman–Crippen LogP) is -0.898. The lowest BCUT2D eigenvalue weighted by molar-refractivity contribution is -0.137. The van der Waals surface area contributed by atoms with Gasteiger partial charge in [0.1, 0.15) is 0 Å². The molecule has 2 atom stereocenters. The Morgan fingerprint density at radius 2 is 2.22 bits per heavy atom.